The Morgan fingerprint density at radius 1 is 1.62 bits per heavy atom. The molecule has 3 nitrogen and oxygen atoms in total. The van der Waals surface area contributed by atoms with Crippen molar-refractivity contribution in [2.75, 3.05) is 5.73 Å². The highest BCUT2D eigenvalue weighted by Gasteiger charge is 2.18. The molecule has 1 unspecified atom stereocenters. The van der Waals surface area contributed by atoms with E-state index in [-0.39, 0.29) is 0 Å². The summed E-state index contributed by atoms with van der Waals surface area (Å²) in [6.45, 7) is 2.24. The van der Waals surface area contributed by atoms with Crippen molar-refractivity contribution in [2.24, 2.45) is 5.92 Å². The lowest BCUT2D eigenvalue weighted by Gasteiger charge is -2.22. The van der Waals surface area contributed by atoms with Crippen LogP contribution >= 0.6 is 0 Å². The second kappa shape index (κ2) is 3.32. The van der Waals surface area contributed by atoms with Gasteiger partial charge in [-0.1, -0.05) is 13.3 Å². The van der Waals surface area contributed by atoms with Gasteiger partial charge >= 0.3 is 0 Å². The van der Waals surface area contributed by atoms with Gasteiger partial charge in [-0.25, -0.2) is 9.97 Å². The molecule has 0 saturated heterocycles. The van der Waals surface area contributed by atoms with Crippen molar-refractivity contribution in [1.82, 2.24) is 9.97 Å². The summed E-state index contributed by atoms with van der Waals surface area (Å²) in [4.78, 5) is 8.28. The summed E-state index contributed by atoms with van der Waals surface area (Å²) in [5.74, 6) is 1.23. The van der Waals surface area contributed by atoms with E-state index >= 15 is 0 Å². The number of rotatable bonds is 1. The fraction of sp³-hybridized carbons (Fsp3) is 0.600. The van der Waals surface area contributed by atoms with E-state index < -0.39 is 0 Å². The van der Waals surface area contributed by atoms with Crippen LogP contribution in [0, 0.1) is 5.92 Å². The van der Waals surface area contributed by atoms with Crippen molar-refractivity contribution < 1.29 is 0 Å². The molecule has 1 atom stereocenters. The minimum Gasteiger partial charge on any atom is -0.368 e. The molecule has 1 aromatic heterocycles. The molecule has 0 saturated carbocycles. The highest BCUT2D eigenvalue weighted by atomic mass is 15.0. The van der Waals surface area contributed by atoms with Crippen molar-refractivity contribution in [1.29, 1.82) is 0 Å². The molecule has 1 aliphatic carbocycles. The third-order valence-corrected chi connectivity index (χ3v) is 2.85. The number of fused-ring (bicyclic) bond motifs is 1. The summed E-state index contributed by atoms with van der Waals surface area (Å²) >= 11 is 0. The van der Waals surface area contributed by atoms with Crippen LogP contribution in [0.1, 0.15) is 31.0 Å². The lowest BCUT2D eigenvalue weighted by atomic mass is 9.86. The van der Waals surface area contributed by atoms with Gasteiger partial charge in [-0.3, -0.25) is 0 Å². The summed E-state index contributed by atoms with van der Waals surface area (Å²) in [5.41, 5.74) is 7.99. The standard InChI is InChI=1S/C10H15N3/c1-2-7-3-4-9-8(5-7)6-12-10(11)13-9/h6-7H,2-5H2,1H3,(H2,11,12,13). The molecular formula is C10H15N3. The van der Waals surface area contributed by atoms with Gasteiger partial charge in [0.25, 0.3) is 0 Å². The largest absolute Gasteiger partial charge is 0.368 e. The lowest BCUT2D eigenvalue weighted by molar-refractivity contribution is 0.439. The number of anilines is 1. The van der Waals surface area contributed by atoms with E-state index in [1.165, 1.54) is 18.4 Å². The molecule has 2 rings (SSSR count). The number of nitrogens with two attached hydrogens (primary N) is 1. The van der Waals surface area contributed by atoms with Crippen LogP contribution in [0.5, 0.6) is 0 Å². The minimum atomic E-state index is 0.411. The van der Waals surface area contributed by atoms with Crippen LogP contribution in [0.15, 0.2) is 6.20 Å². The highest BCUT2D eigenvalue weighted by molar-refractivity contribution is 5.27. The van der Waals surface area contributed by atoms with E-state index in [0.29, 0.717) is 5.95 Å². The molecule has 1 aromatic rings. The van der Waals surface area contributed by atoms with Gasteiger partial charge in [0.15, 0.2) is 0 Å². The SMILES string of the molecule is CCC1CCc2nc(N)ncc2C1. The third-order valence-electron chi connectivity index (χ3n) is 2.85. The van der Waals surface area contributed by atoms with Gasteiger partial charge in [-0.05, 0) is 30.7 Å². The van der Waals surface area contributed by atoms with Gasteiger partial charge in [0.05, 0.1) is 0 Å². The van der Waals surface area contributed by atoms with Crippen LogP contribution < -0.4 is 5.73 Å². The maximum atomic E-state index is 5.53. The molecule has 3 heteroatoms. The Morgan fingerprint density at radius 2 is 2.46 bits per heavy atom. The first kappa shape index (κ1) is 8.48. The average Bonchev–Trinajstić information content (AvgIpc) is 2.17. The Kier molecular flexibility index (Phi) is 2.17. The maximum absolute atomic E-state index is 5.53. The molecule has 0 fully saturated rings. The lowest BCUT2D eigenvalue weighted by Crippen LogP contribution is -2.16. The van der Waals surface area contributed by atoms with Crippen LogP contribution in [-0.2, 0) is 12.8 Å². The van der Waals surface area contributed by atoms with E-state index in [1.807, 2.05) is 6.20 Å². The van der Waals surface area contributed by atoms with Gasteiger partial charge < -0.3 is 5.73 Å². The monoisotopic (exact) mass is 177 g/mol. The molecule has 1 heterocycles. The number of nitrogen functional groups attached to an aromatic ring is 1. The Balaban J connectivity index is 2.26. The van der Waals surface area contributed by atoms with Crippen LogP contribution in [0.3, 0.4) is 0 Å². The third kappa shape index (κ3) is 1.64. The minimum absolute atomic E-state index is 0.411. The molecule has 13 heavy (non-hydrogen) atoms. The van der Waals surface area contributed by atoms with Crippen LogP contribution in [0.4, 0.5) is 5.95 Å². The topological polar surface area (TPSA) is 51.8 Å². The number of hydrogen-bond donors (Lipinski definition) is 1. The van der Waals surface area contributed by atoms with Crippen LogP contribution in [0.25, 0.3) is 0 Å². The summed E-state index contributed by atoms with van der Waals surface area (Å²) in [6, 6.07) is 0. The van der Waals surface area contributed by atoms with Gasteiger partial charge in [0.2, 0.25) is 5.95 Å². The smallest absolute Gasteiger partial charge is 0.220 e. The Morgan fingerprint density at radius 3 is 3.23 bits per heavy atom. The van der Waals surface area contributed by atoms with Crippen LogP contribution in [0.2, 0.25) is 0 Å². The normalized spacial score (nSPS) is 21.2. The molecule has 0 amide bonds. The number of aryl methyl sites for hydroxylation is 1. The molecule has 70 valence electrons. The first-order valence-electron chi connectivity index (χ1n) is 4.90. The first-order chi connectivity index (χ1) is 6.29. The van der Waals surface area contributed by atoms with E-state index in [2.05, 4.69) is 16.9 Å². The fourth-order valence-corrected chi connectivity index (χ4v) is 1.95. The number of nitrogens with zero attached hydrogens (tertiary/aromatic N) is 2. The quantitative estimate of drug-likeness (QED) is 0.708. The predicted octanol–water partition coefficient (Wildman–Crippen LogP) is 1.57. The molecule has 0 spiro atoms. The molecule has 0 aliphatic heterocycles. The van der Waals surface area contributed by atoms with Gasteiger partial charge in [-0.15, -0.1) is 0 Å². The molecule has 0 bridgehead atoms. The van der Waals surface area contributed by atoms with E-state index in [0.717, 1.165) is 24.5 Å². The number of aromatic nitrogens is 2. The zero-order valence-electron chi connectivity index (χ0n) is 7.95. The summed E-state index contributed by atoms with van der Waals surface area (Å²) in [5, 5.41) is 0. The number of hydrogen-bond acceptors (Lipinski definition) is 3. The van der Waals surface area contributed by atoms with Gasteiger partial charge in [0.1, 0.15) is 0 Å². The summed E-state index contributed by atoms with van der Waals surface area (Å²) in [7, 11) is 0. The van der Waals surface area contributed by atoms with E-state index in [1.54, 1.807) is 0 Å². The van der Waals surface area contributed by atoms with E-state index in [9.17, 15) is 0 Å². The van der Waals surface area contributed by atoms with Crippen molar-refractivity contribution in [3.05, 3.63) is 17.5 Å². The second-order valence-electron chi connectivity index (χ2n) is 3.72. The average molecular weight is 177 g/mol. The molecule has 0 aromatic carbocycles. The van der Waals surface area contributed by atoms with Gasteiger partial charge in [0, 0.05) is 11.9 Å². The molecule has 1 aliphatic rings. The zero-order valence-corrected chi connectivity index (χ0v) is 7.95. The van der Waals surface area contributed by atoms with Crippen molar-refractivity contribution in [3.63, 3.8) is 0 Å². The zero-order chi connectivity index (χ0) is 9.26. The molecule has 2 N–H and O–H groups in total. The van der Waals surface area contributed by atoms with Crippen LogP contribution in [-0.4, -0.2) is 9.97 Å². The first-order valence-corrected chi connectivity index (χ1v) is 4.90. The predicted molar refractivity (Wildman–Crippen MR) is 52.3 cm³/mol. The fourth-order valence-electron chi connectivity index (χ4n) is 1.95. The Labute approximate surface area is 78.4 Å². The van der Waals surface area contributed by atoms with Crippen molar-refractivity contribution >= 4 is 5.95 Å². The Bertz CT molecular complexity index is 309. The molecule has 0 radical (unpaired) electrons. The van der Waals surface area contributed by atoms with E-state index in [4.69, 9.17) is 5.73 Å². The van der Waals surface area contributed by atoms with Crippen molar-refractivity contribution in [3.8, 4) is 0 Å². The highest BCUT2D eigenvalue weighted by Crippen LogP contribution is 2.25. The summed E-state index contributed by atoms with van der Waals surface area (Å²) < 4.78 is 0. The van der Waals surface area contributed by atoms with Gasteiger partial charge in [-0.2, -0.15) is 0 Å². The van der Waals surface area contributed by atoms with Crippen molar-refractivity contribution in [2.45, 2.75) is 32.6 Å². The second-order valence-corrected chi connectivity index (χ2v) is 3.72. The summed E-state index contributed by atoms with van der Waals surface area (Å²) in [6.07, 6.45) is 6.59. The molecular weight excluding hydrogens is 162 g/mol. The Hall–Kier alpha value is -1.12. The maximum Gasteiger partial charge on any atom is 0.220 e.